The number of nitrogens with zero attached hydrogens (tertiary/aromatic N) is 3. The molecule has 0 aromatic carbocycles. The van der Waals surface area contributed by atoms with E-state index in [0.29, 0.717) is 29.4 Å². The van der Waals surface area contributed by atoms with Gasteiger partial charge in [-0.05, 0) is 62.3 Å². The topological polar surface area (TPSA) is 76.6 Å². The molecule has 1 aliphatic heterocycles. The second kappa shape index (κ2) is 10.3. The molecule has 2 aromatic rings. The van der Waals surface area contributed by atoms with Crippen molar-refractivity contribution in [3.8, 4) is 0 Å². The summed E-state index contributed by atoms with van der Waals surface area (Å²) in [6.07, 6.45) is 6.95. The highest BCUT2D eigenvalue weighted by Crippen LogP contribution is 2.50. The molecule has 33 heavy (non-hydrogen) atoms. The molecule has 0 radical (unpaired) electrons. The van der Waals surface area contributed by atoms with Gasteiger partial charge in [0.25, 0.3) is 0 Å². The average Bonchev–Trinajstić information content (AvgIpc) is 3.62. The summed E-state index contributed by atoms with van der Waals surface area (Å²) in [4.78, 5) is 24.5. The Labute approximate surface area is 200 Å². The normalized spacial score (nSPS) is 17.6. The van der Waals surface area contributed by atoms with Crippen LogP contribution in [-0.2, 0) is 19.7 Å². The number of aromatic nitrogens is 2. The van der Waals surface area contributed by atoms with Crippen molar-refractivity contribution in [2.75, 3.05) is 36.6 Å². The highest BCUT2D eigenvalue weighted by molar-refractivity contribution is 6.30. The van der Waals surface area contributed by atoms with Crippen LogP contribution in [0.4, 0.5) is 17.3 Å². The summed E-state index contributed by atoms with van der Waals surface area (Å²) in [7, 11) is 0. The molecule has 2 aromatic heterocycles. The zero-order chi connectivity index (χ0) is 23.4. The molecule has 4 rings (SSSR count). The van der Waals surface area contributed by atoms with Crippen LogP contribution in [0.2, 0.25) is 5.02 Å². The molecule has 0 unspecified atom stereocenters. The second-order valence-corrected chi connectivity index (χ2v) is 9.71. The Morgan fingerprint density at radius 1 is 1.27 bits per heavy atom. The molecule has 1 saturated heterocycles. The molecule has 7 nitrogen and oxygen atoms in total. The Kier molecular flexibility index (Phi) is 7.39. The summed E-state index contributed by atoms with van der Waals surface area (Å²) >= 11 is 6.04. The molecule has 2 aliphatic rings. The molecule has 2 fully saturated rings. The molecule has 1 N–H and O–H groups in total. The molecule has 8 heteroatoms. The van der Waals surface area contributed by atoms with E-state index in [2.05, 4.69) is 35.1 Å². The first-order valence-electron chi connectivity index (χ1n) is 11.8. The van der Waals surface area contributed by atoms with Crippen molar-refractivity contribution in [2.45, 2.75) is 57.9 Å². The number of rotatable bonds is 9. The van der Waals surface area contributed by atoms with E-state index in [1.165, 1.54) is 0 Å². The zero-order valence-corrected chi connectivity index (χ0v) is 20.4. The van der Waals surface area contributed by atoms with Gasteiger partial charge in [0.2, 0.25) is 0 Å². The monoisotopic (exact) mass is 472 g/mol. The minimum absolute atomic E-state index is 0.168. The lowest BCUT2D eigenvalue weighted by Crippen LogP contribution is -2.42. The molecular formula is C25H33ClN4O3. The molecule has 1 saturated carbocycles. The lowest BCUT2D eigenvalue weighted by Gasteiger charge is -2.37. The van der Waals surface area contributed by atoms with Crippen LogP contribution in [-0.4, -0.2) is 48.3 Å². The third-order valence-corrected chi connectivity index (χ3v) is 6.51. The Morgan fingerprint density at radius 3 is 2.64 bits per heavy atom. The van der Waals surface area contributed by atoms with Crippen LogP contribution < -0.4 is 10.2 Å². The van der Waals surface area contributed by atoms with E-state index in [1.54, 1.807) is 12.3 Å². The number of anilines is 3. The quantitative estimate of drug-likeness (QED) is 0.508. The predicted molar refractivity (Wildman–Crippen MR) is 130 cm³/mol. The van der Waals surface area contributed by atoms with Gasteiger partial charge in [-0.1, -0.05) is 25.4 Å². The van der Waals surface area contributed by atoms with Gasteiger partial charge in [-0.3, -0.25) is 4.79 Å². The highest BCUT2D eigenvalue weighted by Gasteiger charge is 2.53. The fraction of sp³-hybridized carbons (Fsp3) is 0.560. The van der Waals surface area contributed by atoms with Gasteiger partial charge < -0.3 is 19.7 Å². The number of hydrogen-bond acceptors (Lipinski definition) is 7. The third-order valence-electron chi connectivity index (χ3n) is 6.29. The van der Waals surface area contributed by atoms with Gasteiger partial charge in [-0.15, -0.1) is 0 Å². The minimum atomic E-state index is -0.590. The van der Waals surface area contributed by atoms with Crippen LogP contribution in [0.25, 0.3) is 0 Å². The van der Waals surface area contributed by atoms with Crippen molar-refractivity contribution in [1.29, 1.82) is 0 Å². The third kappa shape index (κ3) is 5.41. The SMILES string of the molecule is CCOC(=O)C1(c2cnc(N(CC(C)C)C3CCOCC3)c(Nc3ccc(Cl)cn3)c2)CC1. The molecule has 0 bridgehead atoms. The van der Waals surface area contributed by atoms with Crippen LogP contribution in [0.1, 0.15) is 52.0 Å². The maximum Gasteiger partial charge on any atom is 0.316 e. The summed E-state index contributed by atoms with van der Waals surface area (Å²) in [5.74, 6) is 1.84. The summed E-state index contributed by atoms with van der Waals surface area (Å²) in [6, 6.07) is 6.05. The molecule has 0 amide bonds. The number of carbonyl (C=O) groups excluding carboxylic acids is 1. The molecule has 3 heterocycles. The number of esters is 1. The van der Waals surface area contributed by atoms with E-state index in [-0.39, 0.29) is 5.97 Å². The van der Waals surface area contributed by atoms with E-state index in [4.69, 9.17) is 26.1 Å². The summed E-state index contributed by atoms with van der Waals surface area (Å²) < 4.78 is 11.0. The van der Waals surface area contributed by atoms with Crippen LogP contribution in [0, 0.1) is 5.92 Å². The number of carbonyl (C=O) groups is 1. The zero-order valence-electron chi connectivity index (χ0n) is 19.6. The summed E-state index contributed by atoms with van der Waals surface area (Å²) in [5, 5.41) is 4.03. The largest absolute Gasteiger partial charge is 0.465 e. The molecule has 0 atom stereocenters. The Balaban J connectivity index is 1.74. The van der Waals surface area contributed by atoms with E-state index in [0.717, 1.165) is 62.5 Å². The fourth-order valence-electron chi connectivity index (χ4n) is 4.43. The lowest BCUT2D eigenvalue weighted by atomic mass is 9.97. The Morgan fingerprint density at radius 2 is 2.03 bits per heavy atom. The van der Waals surface area contributed by atoms with Gasteiger partial charge in [0, 0.05) is 38.2 Å². The smallest absolute Gasteiger partial charge is 0.316 e. The van der Waals surface area contributed by atoms with Gasteiger partial charge in [0.05, 0.1) is 22.7 Å². The van der Waals surface area contributed by atoms with Crippen LogP contribution in [0.5, 0.6) is 0 Å². The van der Waals surface area contributed by atoms with Crippen molar-refractivity contribution in [3.63, 3.8) is 0 Å². The summed E-state index contributed by atoms with van der Waals surface area (Å²) in [5.41, 5.74) is 1.13. The molecular weight excluding hydrogens is 440 g/mol. The van der Waals surface area contributed by atoms with E-state index in [1.807, 2.05) is 19.2 Å². The number of nitrogens with one attached hydrogen (secondary N) is 1. The highest BCUT2D eigenvalue weighted by atomic mass is 35.5. The Bertz CT molecular complexity index is 957. The first kappa shape index (κ1) is 23.8. The van der Waals surface area contributed by atoms with E-state index in [9.17, 15) is 4.79 Å². The number of halogens is 1. The van der Waals surface area contributed by atoms with Crippen molar-refractivity contribution in [2.24, 2.45) is 5.92 Å². The van der Waals surface area contributed by atoms with Gasteiger partial charge in [0.1, 0.15) is 5.82 Å². The second-order valence-electron chi connectivity index (χ2n) is 9.27. The number of hydrogen-bond donors (Lipinski definition) is 1. The lowest BCUT2D eigenvalue weighted by molar-refractivity contribution is -0.146. The first-order chi connectivity index (χ1) is 15.9. The van der Waals surface area contributed by atoms with Gasteiger partial charge in [-0.25, -0.2) is 9.97 Å². The summed E-state index contributed by atoms with van der Waals surface area (Å²) in [6.45, 7) is 9.03. The van der Waals surface area contributed by atoms with Gasteiger partial charge in [0.15, 0.2) is 5.82 Å². The van der Waals surface area contributed by atoms with Gasteiger partial charge >= 0.3 is 5.97 Å². The van der Waals surface area contributed by atoms with Crippen LogP contribution in [0.15, 0.2) is 30.6 Å². The van der Waals surface area contributed by atoms with E-state index < -0.39 is 5.41 Å². The number of pyridine rings is 2. The van der Waals surface area contributed by atoms with E-state index >= 15 is 0 Å². The maximum atomic E-state index is 12.7. The minimum Gasteiger partial charge on any atom is -0.465 e. The van der Waals surface area contributed by atoms with Crippen LogP contribution in [0.3, 0.4) is 0 Å². The molecule has 0 spiro atoms. The first-order valence-corrected chi connectivity index (χ1v) is 12.2. The van der Waals surface area contributed by atoms with Crippen molar-refractivity contribution >= 4 is 34.9 Å². The maximum absolute atomic E-state index is 12.7. The van der Waals surface area contributed by atoms with Crippen LogP contribution >= 0.6 is 11.6 Å². The van der Waals surface area contributed by atoms with Crippen molar-refractivity contribution in [1.82, 2.24) is 9.97 Å². The van der Waals surface area contributed by atoms with Crippen molar-refractivity contribution < 1.29 is 14.3 Å². The fourth-order valence-corrected chi connectivity index (χ4v) is 4.54. The number of ether oxygens (including phenoxy) is 2. The Hall–Kier alpha value is -2.38. The predicted octanol–water partition coefficient (Wildman–Crippen LogP) is 5.11. The average molecular weight is 473 g/mol. The standard InChI is InChI=1S/C25H33ClN4O3/c1-4-33-24(31)25(9-10-25)18-13-21(29-22-6-5-19(26)15-27-22)23(28-14-18)30(16-17(2)3)20-7-11-32-12-8-20/h5-6,13-15,17,20H,4,7-12,16H2,1-3H3,(H,27,29). The molecule has 1 aliphatic carbocycles. The van der Waals surface area contributed by atoms with Gasteiger partial charge in [-0.2, -0.15) is 0 Å². The molecule has 178 valence electrons. The van der Waals surface area contributed by atoms with Crippen molar-refractivity contribution in [3.05, 3.63) is 41.2 Å².